The Kier molecular flexibility index (Phi) is 7.52. The van der Waals surface area contributed by atoms with Gasteiger partial charge in [0.25, 0.3) is 0 Å². The molecule has 1 amide bonds. The summed E-state index contributed by atoms with van der Waals surface area (Å²) in [5.74, 6) is -0.0654. The van der Waals surface area contributed by atoms with Gasteiger partial charge in [-0.2, -0.15) is 0 Å². The first kappa shape index (κ1) is 24.4. The first-order valence-corrected chi connectivity index (χ1v) is 10.5. The van der Waals surface area contributed by atoms with Crippen molar-refractivity contribution < 1.29 is 4.79 Å². The number of fused-ring (bicyclic) bond motifs is 3. The van der Waals surface area contributed by atoms with Crippen LogP contribution in [0.1, 0.15) is 29.2 Å². The van der Waals surface area contributed by atoms with Gasteiger partial charge in [0, 0.05) is 42.8 Å². The number of rotatable bonds is 5. The zero-order valence-electron chi connectivity index (χ0n) is 18.2. The van der Waals surface area contributed by atoms with Crippen molar-refractivity contribution >= 4 is 36.4 Å². The number of carbonyl (C=O) groups excluding carboxylic acids is 1. The van der Waals surface area contributed by atoms with Crippen LogP contribution in [0.4, 0.5) is 5.69 Å². The van der Waals surface area contributed by atoms with Crippen molar-refractivity contribution in [2.45, 2.75) is 25.2 Å². The number of carbonyl (C=O) groups is 1. The molecule has 2 heterocycles. The van der Waals surface area contributed by atoms with Crippen LogP contribution in [0.2, 0.25) is 0 Å². The molecule has 0 spiro atoms. The number of hydrogen-bond donors (Lipinski definition) is 1. The van der Waals surface area contributed by atoms with E-state index in [1.807, 2.05) is 30.9 Å². The fourth-order valence-electron chi connectivity index (χ4n) is 4.88. The summed E-state index contributed by atoms with van der Waals surface area (Å²) in [6.45, 7) is 1.54. The quantitative estimate of drug-likeness (QED) is 0.381. The molecule has 6 heteroatoms. The lowest BCUT2D eigenvalue weighted by Gasteiger charge is -2.33. The van der Waals surface area contributed by atoms with E-state index >= 15 is 0 Å². The number of nitrogens with one attached hydrogen (secondary N) is 1. The van der Waals surface area contributed by atoms with Crippen LogP contribution in [0.25, 0.3) is 11.1 Å². The first-order chi connectivity index (χ1) is 15.2. The number of benzene rings is 2. The summed E-state index contributed by atoms with van der Waals surface area (Å²) in [5, 5.41) is 2.97. The van der Waals surface area contributed by atoms with E-state index in [0.29, 0.717) is 0 Å². The standard InChI is InChI=1S/C27H23N3O.2ClH/c1-19(31)30-22-6-7-24-23-4-2-3-5-25(23)27(26(24)16-22,17-20-8-12-28-13-9-20)18-21-10-14-29-15-11-21;;/h2-16H,17-18H2,1H3,(H,30,31);2*1H. The zero-order chi connectivity index (χ0) is 21.3. The minimum absolute atomic E-state index is 0. The van der Waals surface area contributed by atoms with Crippen molar-refractivity contribution in [2.75, 3.05) is 5.32 Å². The molecule has 0 bridgehead atoms. The molecule has 2 aromatic heterocycles. The Bertz CT molecular complexity index is 1210. The Labute approximate surface area is 206 Å². The second kappa shape index (κ2) is 10.2. The lowest BCUT2D eigenvalue weighted by Crippen LogP contribution is -2.31. The van der Waals surface area contributed by atoms with Crippen LogP contribution in [0, 0.1) is 0 Å². The lowest BCUT2D eigenvalue weighted by molar-refractivity contribution is -0.114. The molecular formula is C27H25Cl2N3O. The molecule has 0 atom stereocenters. The molecule has 4 aromatic rings. The average molecular weight is 478 g/mol. The van der Waals surface area contributed by atoms with Gasteiger partial charge in [0.2, 0.25) is 5.91 Å². The maximum atomic E-state index is 11.7. The Morgan fingerprint density at radius 2 is 1.30 bits per heavy atom. The summed E-state index contributed by atoms with van der Waals surface area (Å²) in [7, 11) is 0. The summed E-state index contributed by atoms with van der Waals surface area (Å²) in [6, 6.07) is 23.3. The SMILES string of the molecule is CC(=O)Nc1ccc2c(c1)C(Cc1ccncc1)(Cc1ccncc1)c1ccccc1-2.Cl.Cl. The van der Waals surface area contributed by atoms with E-state index < -0.39 is 0 Å². The number of hydrogen-bond acceptors (Lipinski definition) is 3. The summed E-state index contributed by atoms with van der Waals surface area (Å²) >= 11 is 0. The van der Waals surface area contributed by atoms with Gasteiger partial charge in [0.15, 0.2) is 0 Å². The van der Waals surface area contributed by atoms with Gasteiger partial charge in [0.1, 0.15) is 0 Å². The molecule has 0 saturated carbocycles. The maximum absolute atomic E-state index is 11.7. The molecule has 1 aliphatic rings. The summed E-state index contributed by atoms with van der Waals surface area (Å²) < 4.78 is 0. The summed E-state index contributed by atoms with van der Waals surface area (Å²) in [6.07, 6.45) is 9.09. The molecule has 0 radical (unpaired) electrons. The second-order valence-corrected chi connectivity index (χ2v) is 8.13. The average Bonchev–Trinajstić information content (AvgIpc) is 3.04. The van der Waals surface area contributed by atoms with Crippen molar-refractivity contribution in [1.82, 2.24) is 9.97 Å². The van der Waals surface area contributed by atoms with Gasteiger partial charge in [-0.05, 0) is 82.6 Å². The highest BCUT2D eigenvalue weighted by Crippen LogP contribution is 2.52. The van der Waals surface area contributed by atoms with Crippen molar-refractivity contribution in [2.24, 2.45) is 0 Å². The highest BCUT2D eigenvalue weighted by atomic mass is 35.5. The van der Waals surface area contributed by atoms with Crippen molar-refractivity contribution in [3.63, 3.8) is 0 Å². The number of halogens is 2. The summed E-state index contributed by atoms with van der Waals surface area (Å²) in [4.78, 5) is 20.2. The molecule has 33 heavy (non-hydrogen) atoms. The number of anilines is 1. The fourth-order valence-corrected chi connectivity index (χ4v) is 4.88. The lowest BCUT2D eigenvalue weighted by atomic mass is 9.69. The van der Waals surface area contributed by atoms with Crippen LogP contribution in [-0.4, -0.2) is 15.9 Å². The molecule has 4 nitrogen and oxygen atoms in total. The van der Waals surface area contributed by atoms with E-state index in [-0.39, 0.29) is 36.1 Å². The molecule has 5 rings (SSSR count). The van der Waals surface area contributed by atoms with E-state index in [4.69, 9.17) is 0 Å². The zero-order valence-corrected chi connectivity index (χ0v) is 19.8. The van der Waals surface area contributed by atoms with E-state index in [2.05, 4.69) is 75.9 Å². The number of amides is 1. The van der Waals surface area contributed by atoms with Crippen LogP contribution in [0.5, 0.6) is 0 Å². The molecule has 168 valence electrons. The molecule has 0 fully saturated rings. The Morgan fingerprint density at radius 1 is 0.758 bits per heavy atom. The summed E-state index contributed by atoms with van der Waals surface area (Å²) in [5.41, 5.74) is 8.08. The minimum atomic E-state index is -0.261. The van der Waals surface area contributed by atoms with Crippen molar-refractivity contribution in [3.05, 3.63) is 114 Å². The Morgan fingerprint density at radius 3 is 1.88 bits per heavy atom. The number of pyridine rings is 2. The van der Waals surface area contributed by atoms with Gasteiger partial charge >= 0.3 is 0 Å². The van der Waals surface area contributed by atoms with Gasteiger partial charge in [0.05, 0.1) is 0 Å². The van der Waals surface area contributed by atoms with Gasteiger partial charge in [-0.3, -0.25) is 14.8 Å². The van der Waals surface area contributed by atoms with Crippen LogP contribution in [0.3, 0.4) is 0 Å². The molecule has 0 saturated heterocycles. The predicted octanol–water partition coefficient (Wildman–Crippen LogP) is 6.03. The molecule has 0 aliphatic heterocycles. The normalized spacial score (nSPS) is 12.5. The third-order valence-electron chi connectivity index (χ3n) is 6.10. The van der Waals surface area contributed by atoms with E-state index in [0.717, 1.165) is 18.5 Å². The van der Waals surface area contributed by atoms with E-state index in [1.54, 1.807) is 6.92 Å². The third-order valence-corrected chi connectivity index (χ3v) is 6.10. The first-order valence-electron chi connectivity index (χ1n) is 10.5. The second-order valence-electron chi connectivity index (χ2n) is 8.13. The van der Waals surface area contributed by atoms with Crippen LogP contribution in [-0.2, 0) is 23.1 Å². The van der Waals surface area contributed by atoms with Crippen LogP contribution < -0.4 is 5.32 Å². The largest absolute Gasteiger partial charge is 0.326 e. The Balaban J connectivity index is 0.00000153. The monoisotopic (exact) mass is 477 g/mol. The van der Waals surface area contributed by atoms with Gasteiger partial charge < -0.3 is 5.32 Å². The van der Waals surface area contributed by atoms with Crippen LogP contribution >= 0.6 is 24.8 Å². The molecule has 1 aliphatic carbocycles. The maximum Gasteiger partial charge on any atom is 0.221 e. The molecule has 2 aromatic carbocycles. The highest BCUT2D eigenvalue weighted by molar-refractivity contribution is 5.91. The van der Waals surface area contributed by atoms with Gasteiger partial charge in [-0.25, -0.2) is 0 Å². The third kappa shape index (κ3) is 4.63. The fraction of sp³-hybridized carbons (Fsp3) is 0.148. The van der Waals surface area contributed by atoms with Crippen LogP contribution in [0.15, 0.2) is 91.5 Å². The minimum Gasteiger partial charge on any atom is -0.326 e. The predicted molar refractivity (Wildman–Crippen MR) is 137 cm³/mol. The smallest absolute Gasteiger partial charge is 0.221 e. The van der Waals surface area contributed by atoms with E-state index in [9.17, 15) is 4.79 Å². The molecule has 0 unspecified atom stereocenters. The topological polar surface area (TPSA) is 54.9 Å². The van der Waals surface area contributed by atoms with Crippen molar-refractivity contribution in [3.8, 4) is 11.1 Å². The number of aromatic nitrogens is 2. The molecular weight excluding hydrogens is 453 g/mol. The van der Waals surface area contributed by atoms with E-state index in [1.165, 1.54) is 33.4 Å². The van der Waals surface area contributed by atoms with Crippen molar-refractivity contribution in [1.29, 1.82) is 0 Å². The van der Waals surface area contributed by atoms with Gasteiger partial charge in [-0.1, -0.05) is 30.3 Å². The number of nitrogens with zero attached hydrogens (tertiary/aromatic N) is 2. The molecule has 1 N–H and O–H groups in total. The highest BCUT2D eigenvalue weighted by Gasteiger charge is 2.43. The van der Waals surface area contributed by atoms with Gasteiger partial charge in [-0.15, -0.1) is 24.8 Å². The Hall–Kier alpha value is -3.21.